The molecular weight excluding hydrogens is 366 g/mol. The largest absolute Gasteiger partial charge is 0.383 e. The maximum atomic E-state index is 12.6. The molecule has 0 aliphatic heterocycles. The van der Waals surface area contributed by atoms with Crippen molar-refractivity contribution in [3.05, 3.63) is 24.5 Å². The van der Waals surface area contributed by atoms with Crippen LogP contribution in [0, 0.1) is 0 Å². The molecule has 2 aromatic rings. The lowest BCUT2D eigenvalue weighted by Gasteiger charge is -2.21. The molecule has 0 aromatic carbocycles. The van der Waals surface area contributed by atoms with Crippen LogP contribution in [0.25, 0.3) is 11.4 Å². The average Bonchev–Trinajstić information content (AvgIpc) is 3.46. The van der Waals surface area contributed by atoms with Gasteiger partial charge in [0.2, 0.25) is 5.91 Å². The maximum absolute atomic E-state index is 12.6. The van der Waals surface area contributed by atoms with E-state index in [2.05, 4.69) is 19.7 Å². The van der Waals surface area contributed by atoms with Crippen LogP contribution in [-0.4, -0.2) is 76.8 Å². The van der Waals surface area contributed by atoms with Crippen molar-refractivity contribution in [2.24, 2.45) is 0 Å². The summed E-state index contributed by atoms with van der Waals surface area (Å²) in [5, 5.41) is 9.50. The molecule has 2 heterocycles. The predicted octanol–water partition coefficient (Wildman–Crippen LogP) is 1.89. The minimum Gasteiger partial charge on any atom is -0.383 e. The Balaban J connectivity index is 1.68. The molecule has 1 aliphatic carbocycles. The third kappa shape index (κ3) is 5.27. The molecule has 0 unspecified atom stereocenters. The fraction of sp³-hybridized carbons (Fsp3) is 0.556. The van der Waals surface area contributed by atoms with Gasteiger partial charge in [-0.3, -0.25) is 14.3 Å². The molecule has 146 valence electrons. The Morgan fingerprint density at radius 2 is 1.85 bits per heavy atom. The molecule has 3 rings (SSSR count). The van der Waals surface area contributed by atoms with Crippen LogP contribution in [0.4, 0.5) is 0 Å². The third-order valence-corrected chi connectivity index (χ3v) is 5.25. The van der Waals surface area contributed by atoms with E-state index < -0.39 is 0 Å². The van der Waals surface area contributed by atoms with Crippen molar-refractivity contribution in [2.75, 3.05) is 46.3 Å². The van der Waals surface area contributed by atoms with E-state index in [0.29, 0.717) is 38.1 Å². The van der Waals surface area contributed by atoms with Crippen LogP contribution in [0.2, 0.25) is 0 Å². The molecule has 1 aliphatic rings. The zero-order valence-corrected chi connectivity index (χ0v) is 16.5. The molecule has 1 amide bonds. The quantitative estimate of drug-likeness (QED) is 0.541. The minimum atomic E-state index is 0.0462. The second-order valence-electron chi connectivity index (χ2n) is 6.30. The van der Waals surface area contributed by atoms with E-state index in [9.17, 15) is 4.79 Å². The summed E-state index contributed by atoms with van der Waals surface area (Å²) in [5.74, 6) is 1.20. The van der Waals surface area contributed by atoms with Crippen LogP contribution in [0.5, 0.6) is 0 Å². The van der Waals surface area contributed by atoms with Gasteiger partial charge in [0.25, 0.3) is 0 Å². The van der Waals surface area contributed by atoms with E-state index in [1.54, 1.807) is 31.5 Å². The lowest BCUT2D eigenvalue weighted by atomic mass is 10.2. The first-order valence-corrected chi connectivity index (χ1v) is 9.97. The van der Waals surface area contributed by atoms with Crippen molar-refractivity contribution in [2.45, 2.75) is 24.0 Å². The van der Waals surface area contributed by atoms with Gasteiger partial charge in [-0.25, -0.2) is 0 Å². The van der Waals surface area contributed by atoms with Crippen LogP contribution < -0.4 is 0 Å². The molecule has 1 saturated carbocycles. The van der Waals surface area contributed by atoms with Crippen molar-refractivity contribution in [1.82, 2.24) is 24.6 Å². The number of nitrogens with zero attached hydrogens (tertiary/aromatic N) is 5. The van der Waals surface area contributed by atoms with Gasteiger partial charge in [0.15, 0.2) is 11.0 Å². The highest BCUT2D eigenvalue weighted by Gasteiger charge is 2.30. The fourth-order valence-corrected chi connectivity index (χ4v) is 3.63. The Morgan fingerprint density at radius 1 is 1.19 bits per heavy atom. The van der Waals surface area contributed by atoms with Gasteiger partial charge < -0.3 is 14.4 Å². The number of aromatic nitrogens is 4. The minimum absolute atomic E-state index is 0.0462. The van der Waals surface area contributed by atoms with E-state index in [1.807, 2.05) is 12.1 Å². The molecule has 0 spiro atoms. The Kier molecular flexibility index (Phi) is 7.19. The molecule has 27 heavy (non-hydrogen) atoms. The summed E-state index contributed by atoms with van der Waals surface area (Å²) in [6.45, 7) is 2.11. The first-order chi connectivity index (χ1) is 13.2. The normalized spacial score (nSPS) is 13.7. The van der Waals surface area contributed by atoms with E-state index in [4.69, 9.17) is 9.47 Å². The lowest BCUT2D eigenvalue weighted by Crippen LogP contribution is -2.37. The van der Waals surface area contributed by atoms with Crippen molar-refractivity contribution >= 4 is 17.7 Å². The SMILES string of the molecule is COCCN(CCOC)C(=O)CSc1nnc(-c2ccncc2)n1C1CC1. The second-order valence-corrected chi connectivity index (χ2v) is 7.24. The Bertz CT molecular complexity index is 728. The van der Waals surface area contributed by atoms with E-state index in [-0.39, 0.29) is 5.91 Å². The number of pyridine rings is 1. The summed E-state index contributed by atoms with van der Waals surface area (Å²) in [7, 11) is 3.26. The van der Waals surface area contributed by atoms with Crippen LogP contribution in [-0.2, 0) is 14.3 Å². The number of carbonyl (C=O) groups excluding carboxylic acids is 1. The molecule has 9 heteroatoms. The zero-order valence-electron chi connectivity index (χ0n) is 15.7. The predicted molar refractivity (Wildman–Crippen MR) is 103 cm³/mol. The molecular formula is C18H25N5O3S. The third-order valence-electron chi connectivity index (χ3n) is 4.32. The van der Waals surface area contributed by atoms with Gasteiger partial charge in [0.05, 0.1) is 19.0 Å². The van der Waals surface area contributed by atoms with Crippen molar-refractivity contribution in [3.8, 4) is 11.4 Å². The Hall–Kier alpha value is -1.97. The lowest BCUT2D eigenvalue weighted by molar-refractivity contribution is -0.129. The number of carbonyl (C=O) groups is 1. The van der Waals surface area contributed by atoms with Gasteiger partial charge in [0, 0.05) is 51.3 Å². The van der Waals surface area contributed by atoms with Crippen LogP contribution in [0.1, 0.15) is 18.9 Å². The Labute approximate surface area is 163 Å². The first kappa shape index (κ1) is 19.8. The van der Waals surface area contributed by atoms with Crippen LogP contribution in [0.3, 0.4) is 0 Å². The van der Waals surface area contributed by atoms with Crippen molar-refractivity contribution in [1.29, 1.82) is 0 Å². The number of ether oxygens (including phenoxy) is 2. The highest BCUT2D eigenvalue weighted by Crippen LogP contribution is 2.40. The number of thioether (sulfide) groups is 1. The van der Waals surface area contributed by atoms with Crippen LogP contribution >= 0.6 is 11.8 Å². The van der Waals surface area contributed by atoms with E-state index in [0.717, 1.165) is 29.4 Å². The standard InChI is InChI=1S/C18H25N5O3S/c1-25-11-9-22(10-12-26-2)16(24)13-27-18-21-20-17(23(18)15-3-4-15)14-5-7-19-8-6-14/h5-8,15H,3-4,9-13H2,1-2H3. The van der Waals surface area contributed by atoms with Gasteiger partial charge in [0.1, 0.15) is 0 Å². The monoisotopic (exact) mass is 391 g/mol. The molecule has 1 fully saturated rings. The average molecular weight is 391 g/mol. The van der Waals surface area contributed by atoms with E-state index >= 15 is 0 Å². The van der Waals surface area contributed by atoms with Gasteiger partial charge >= 0.3 is 0 Å². The Morgan fingerprint density at radius 3 is 2.44 bits per heavy atom. The van der Waals surface area contributed by atoms with Gasteiger partial charge in [-0.15, -0.1) is 10.2 Å². The summed E-state index contributed by atoms with van der Waals surface area (Å²) in [5.41, 5.74) is 0.990. The number of rotatable bonds is 11. The smallest absolute Gasteiger partial charge is 0.233 e. The maximum Gasteiger partial charge on any atom is 0.233 e. The second kappa shape index (κ2) is 9.82. The van der Waals surface area contributed by atoms with Gasteiger partial charge in [-0.2, -0.15) is 0 Å². The number of amides is 1. The molecule has 2 aromatic heterocycles. The number of methoxy groups -OCH3 is 2. The topological polar surface area (TPSA) is 82.4 Å². The highest BCUT2D eigenvalue weighted by atomic mass is 32.2. The van der Waals surface area contributed by atoms with Gasteiger partial charge in [-0.05, 0) is 25.0 Å². The summed E-state index contributed by atoms with van der Waals surface area (Å²) in [4.78, 5) is 18.5. The molecule has 8 nitrogen and oxygen atoms in total. The van der Waals surface area contributed by atoms with E-state index in [1.165, 1.54) is 11.8 Å². The summed E-state index contributed by atoms with van der Waals surface area (Å²) < 4.78 is 12.4. The van der Waals surface area contributed by atoms with Crippen molar-refractivity contribution in [3.63, 3.8) is 0 Å². The molecule has 0 saturated heterocycles. The molecule has 0 N–H and O–H groups in total. The summed E-state index contributed by atoms with van der Waals surface area (Å²) in [6, 6.07) is 4.28. The zero-order chi connectivity index (χ0) is 19.1. The van der Waals surface area contributed by atoms with Crippen molar-refractivity contribution < 1.29 is 14.3 Å². The summed E-state index contributed by atoms with van der Waals surface area (Å²) in [6.07, 6.45) is 5.74. The van der Waals surface area contributed by atoms with Crippen LogP contribution in [0.15, 0.2) is 29.7 Å². The molecule has 0 bridgehead atoms. The summed E-state index contributed by atoms with van der Waals surface area (Å²) >= 11 is 1.44. The first-order valence-electron chi connectivity index (χ1n) is 8.98. The highest BCUT2D eigenvalue weighted by molar-refractivity contribution is 7.99. The fourth-order valence-electron chi connectivity index (χ4n) is 2.72. The number of hydrogen-bond donors (Lipinski definition) is 0. The number of hydrogen-bond acceptors (Lipinski definition) is 7. The van der Waals surface area contributed by atoms with Gasteiger partial charge in [-0.1, -0.05) is 11.8 Å². The molecule has 0 radical (unpaired) electrons. The molecule has 0 atom stereocenters.